The van der Waals surface area contributed by atoms with Crippen LogP contribution in [0.25, 0.3) is 0 Å². The molecule has 1 aromatic rings. The van der Waals surface area contributed by atoms with Crippen LogP contribution in [-0.4, -0.2) is 35.4 Å². The highest BCUT2D eigenvalue weighted by atomic mass is 32.2. The van der Waals surface area contributed by atoms with Gasteiger partial charge in [0.25, 0.3) is 0 Å². The minimum Gasteiger partial charge on any atom is -0.390 e. The molecule has 0 aliphatic carbocycles. The highest BCUT2D eigenvalue weighted by Gasteiger charge is 2.37. The van der Waals surface area contributed by atoms with Gasteiger partial charge in [-0.05, 0) is 24.8 Å². The summed E-state index contributed by atoms with van der Waals surface area (Å²) in [5.41, 5.74) is 0.522. The van der Waals surface area contributed by atoms with E-state index in [1.54, 1.807) is 4.31 Å². The van der Waals surface area contributed by atoms with Gasteiger partial charge in [-0.1, -0.05) is 13.8 Å². The van der Waals surface area contributed by atoms with Gasteiger partial charge in [0.05, 0.1) is 11.5 Å². The van der Waals surface area contributed by atoms with E-state index in [1.807, 2.05) is 0 Å². The van der Waals surface area contributed by atoms with Gasteiger partial charge >= 0.3 is 0 Å². The minimum absolute atomic E-state index is 0.0856. The molecule has 6 heteroatoms. The van der Waals surface area contributed by atoms with Gasteiger partial charge in [-0.2, -0.15) is 4.31 Å². The molecule has 2 N–H and O–H groups in total. The Balaban J connectivity index is 2.30. The fraction of sp³-hybridized carbons (Fsp3) is 0.667. The van der Waals surface area contributed by atoms with Gasteiger partial charge in [-0.15, -0.1) is 0 Å². The topological polar surface area (TPSA) is 73.4 Å². The third-order valence-electron chi connectivity index (χ3n) is 3.51. The maximum atomic E-state index is 12.5. The van der Waals surface area contributed by atoms with Crippen molar-refractivity contribution in [2.75, 3.05) is 6.54 Å². The maximum Gasteiger partial charge on any atom is 0.244 e. The molecule has 1 fully saturated rings. The third kappa shape index (κ3) is 2.32. The number of aromatic nitrogens is 1. The molecule has 0 saturated carbocycles. The Labute approximate surface area is 108 Å². The molecule has 2 rings (SSSR count). The number of sulfonamides is 1. The van der Waals surface area contributed by atoms with E-state index in [4.69, 9.17) is 5.11 Å². The Hall–Kier alpha value is -0.850. The van der Waals surface area contributed by atoms with Crippen LogP contribution in [0.1, 0.15) is 32.4 Å². The maximum absolute atomic E-state index is 12.5. The number of H-pyrrole nitrogens is 1. The Morgan fingerprint density at radius 3 is 2.83 bits per heavy atom. The zero-order valence-corrected chi connectivity index (χ0v) is 11.6. The summed E-state index contributed by atoms with van der Waals surface area (Å²) >= 11 is 0. The Kier molecular flexibility index (Phi) is 3.79. The minimum atomic E-state index is -3.43. The number of hydrogen-bond donors (Lipinski definition) is 2. The highest BCUT2D eigenvalue weighted by molar-refractivity contribution is 7.89. The molecular formula is C12H20N2O3S. The molecule has 2 heterocycles. The van der Waals surface area contributed by atoms with E-state index in [1.165, 1.54) is 12.3 Å². The van der Waals surface area contributed by atoms with E-state index in [0.717, 1.165) is 12.8 Å². The molecule has 0 amide bonds. The van der Waals surface area contributed by atoms with Crippen LogP contribution in [0.4, 0.5) is 0 Å². The molecule has 1 unspecified atom stereocenters. The summed E-state index contributed by atoms with van der Waals surface area (Å²) in [4.78, 5) is 3.02. The standard InChI is InChI=1S/C12H20N2O3S/c1-9(2)12-4-3-5-14(12)18(16,17)11-6-10(8-15)13-7-11/h6-7,9,12-13,15H,3-5,8H2,1-2H3. The predicted octanol–water partition coefficient (Wildman–Crippen LogP) is 1.32. The molecule has 1 aliphatic rings. The number of aliphatic hydroxyl groups excluding tert-OH is 1. The SMILES string of the molecule is CC(C)C1CCCN1S(=O)(=O)c1c[nH]c(CO)c1. The largest absolute Gasteiger partial charge is 0.390 e. The van der Waals surface area contributed by atoms with E-state index in [9.17, 15) is 8.42 Å². The average Bonchev–Trinajstić information content (AvgIpc) is 2.98. The molecule has 0 aromatic carbocycles. The molecule has 1 aliphatic heterocycles. The number of aromatic amines is 1. The molecule has 0 spiro atoms. The van der Waals surface area contributed by atoms with E-state index in [0.29, 0.717) is 18.2 Å². The lowest BCUT2D eigenvalue weighted by atomic mass is 10.0. The molecule has 0 bridgehead atoms. The van der Waals surface area contributed by atoms with Crippen molar-refractivity contribution in [3.63, 3.8) is 0 Å². The van der Waals surface area contributed by atoms with Crippen LogP contribution in [0, 0.1) is 5.92 Å². The van der Waals surface area contributed by atoms with Gasteiger partial charge in [0.2, 0.25) is 10.0 Å². The fourth-order valence-electron chi connectivity index (χ4n) is 2.52. The Bertz CT molecular complexity index is 507. The predicted molar refractivity (Wildman–Crippen MR) is 68.5 cm³/mol. The van der Waals surface area contributed by atoms with E-state index >= 15 is 0 Å². The number of hydrogen-bond acceptors (Lipinski definition) is 3. The lowest BCUT2D eigenvalue weighted by Gasteiger charge is -2.26. The molecule has 1 atom stereocenters. The Morgan fingerprint density at radius 1 is 1.56 bits per heavy atom. The van der Waals surface area contributed by atoms with Crippen LogP contribution in [0.2, 0.25) is 0 Å². The van der Waals surface area contributed by atoms with E-state index in [2.05, 4.69) is 18.8 Å². The van der Waals surface area contributed by atoms with E-state index < -0.39 is 10.0 Å². The number of nitrogens with zero attached hydrogens (tertiary/aromatic N) is 1. The lowest BCUT2D eigenvalue weighted by Crippen LogP contribution is -2.38. The van der Waals surface area contributed by atoms with Crippen molar-refractivity contribution in [3.8, 4) is 0 Å². The molecule has 102 valence electrons. The van der Waals surface area contributed by atoms with Crippen molar-refractivity contribution in [2.24, 2.45) is 5.92 Å². The van der Waals surface area contributed by atoms with Crippen molar-refractivity contribution < 1.29 is 13.5 Å². The van der Waals surface area contributed by atoms with Crippen LogP contribution in [0.5, 0.6) is 0 Å². The molecule has 5 nitrogen and oxygen atoms in total. The molecule has 1 saturated heterocycles. The summed E-state index contributed by atoms with van der Waals surface area (Å²) in [5.74, 6) is 0.318. The Morgan fingerprint density at radius 2 is 2.28 bits per heavy atom. The summed E-state index contributed by atoms with van der Waals surface area (Å²) in [6.45, 7) is 4.51. The van der Waals surface area contributed by atoms with Crippen molar-refractivity contribution in [2.45, 2.75) is 44.2 Å². The first kappa shape index (κ1) is 13.6. The summed E-state index contributed by atoms with van der Waals surface area (Å²) in [5, 5.41) is 8.98. The van der Waals surface area contributed by atoms with Gasteiger partial charge in [0.1, 0.15) is 0 Å². The first-order valence-corrected chi connectivity index (χ1v) is 7.71. The van der Waals surface area contributed by atoms with Crippen LogP contribution >= 0.6 is 0 Å². The third-order valence-corrected chi connectivity index (χ3v) is 5.41. The zero-order valence-electron chi connectivity index (χ0n) is 10.8. The smallest absolute Gasteiger partial charge is 0.244 e. The van der Waals surface area contributed by atoms with Crippen LogP contribution in [0.3, 0.4) is 0 Å². The summed E-state index contributed by atoms with van der Waals surface area (Å²) in [7, 11) is -3.43. The molecule has 18 heavy (non-hydrogen) atoms. The van der Waals surface area contributed by atoms with Crippen molar-refractivity contribution >= 4 is 10.0 Å². The fourth-order valence-corrected chi connectivity index (χ4v) is 4.37. The first-order valence-electron chi connectivity index (χ1n) is 6.27. The van der Waals surface area contributed by atoms with Crippen LogP contribution in [0.15, 0.2) is 17.2 Å². The highest BCUT2D eigenvalue weighted by Crippen LogP contribution is 2.30. The zero-order chi connectivity index (χ0) is 13.3. The van der Waals surface area contributed by atoms with Gasteiger partial charge in [0, 0.05) is 24.5 Å². The van der Waals surface area contributed by atoms with Crippen molar-refractivity contribution in [1.82, 2.24) is 9.29 Å². The van der Waals surface area contributed by atoms with Gasteiger partial charge in [0.15, 0.2) is 0 Å². The quantitative estimate of drug-likeness (QED) is 0.868. The second kappa shape index (κ2) is 5.03. The second-order valence-electron chi connectivity index (χ2n) is 5.09. The molecular weight excluding hydrogens is 252 g/mol. The van der Waals surface area contributed by atoms with Crippen molar-refractivity contribution in [1.29, 1.82) is 0 Å². The summed E-state index contributed by atoms with van der Waals surface area (Å²) in [6, 6.07) is 1.59. The number of nitrogens with one attached hydrogen (secondary N) is 1. The van der Waals surface area contributed by atoms with Gasteiger partial charge in [-0.25, -0.2) is 8.42 Å². The van der Waals surface area contributed by atoms with Gasteiger partial charge in [-0.3, -0.25) is 0 Å². The molecule has 1 aromatic heterocycles. The average molecular weight is 272 g/mol. The summed E-state index contributed by atoms with van der Waals surface area (Å²) < 4.78 is 26.6. The number of aliphatic hydroxyl groups is 1. The summed E-state index contributed by atoms with van der Waals surface area (Å²) in [6.07, 6.45) is 3.30. The monoisotopic (exact) mass is 272 g/mol. The van der Waals surface area contributed by atoms with Crippen LogP contribution in [-0.2, 0) is 16.6 Å². The first-order chi connectivity index (χ1) is 8.46. The van der Waals surface area contributed by atoms with Crippen LogP contribution < -0.4 is 0 Å². The normalized spacial score (nSPS) is 21.9. The lowest BCUT2D eigenvalue weighted by molar-refractivity contribution is 0.277. The second-order valence-corrected chi connectivity index (χ2v) is 6.98. The molecule has 0 radical (unpaired) electrons. The van der Waals surface area contributed by atoms with E-state index in [-0.39, 0.29) is 17.5 Å². The van der Waals surface area contributed by atoms with Crippen molar-refractivity contribution in [3.05, 3.63) is 18.0 Å². The number of rotatable bonds is 4. The van der Waals surface area contributed by atoms with Gasteiger partial charge < -0.3 is 10.1 Å².